The van der Waals surface area contributed by atoms with E-state index in [1.807, 2.05) is 0 Å². The van der Waals surface area contributed by atoms with E-state index in [2.05, 4.69) is 78.0 Å². The van der Waals surface area contributed by atoms with Gasteiger partial charge in [-0.25, -0.2) is 23.9 Å². The Kier molecular flexibility index (Phi) is 23.3. The second-order valence-electron chi connectivity index (χ2n) is 15.0. The predicted molar refractivity (Wildman–Crippen MR) is 258 cm³/mol. The van der Waals surface area contributed by atoms with Crippen molar-refractivity contribution in [3.63, 3.8) is 0 Å². The standard InChI is InChI=1S/C40H52N10O17S4/c1-22-13-25(63-12-4-5-32(51)41-8-9-42-37(55)29(20-69-66-64-59)48-38(56)30(21-70-67-65-60)47-33(52)19-68)14-23(2)35(22)71(61,62)49-28(39(57)58)17-45-36(54)27-18-50(3)31-15-24(6-7-26(31)34(27)53)16-46-40-43-10-11-44-40/h6-7,10-11,13-15,18,28-30,49,59-60,68H,4-5,8-9,12,16-17,19-21H2,1-3H3,(H,41,51)(H,42,55)(H,45,54)(H,47,52)(H,48,56)(H,57,58)(H2,43,44,46)/t28-,29-,30-/m0/s1. The Labute approximate surface area is 418 Å². The molecule has 71 heavy (non-hydrogen) atoms. The summed E-state index contributed by atoms with van der Waals surface area (Å²) < 4.78 is 45.2. The zero-order chi connectivity index (χ0) is 52.1. The lowest BCUT2D eigenvalue weighted by atomic mass is 10.1. The van der Waals surface area contributed by atoms with E-state index in [0.717, 1.165) is 5.56 Å². The first-order valence-corrected chi connectivity index (χ1v) is 24.9. The fraction of sp³-hybridized carbons (Fsp3) is 0.400. The molecule has 3 atom stereocenters. The molecule has 11 N–H and O–H groups in total. The minimum atomic E-state index is -4.51. The fourth-order valence-corrected chi connectivity index (χ4v) is 9.29. The molecule has 2 aromatic carbocycles. The lowest BCUT2D eigenvalue weighted by Crippen LogP contribution is -2.56. The Bertz CT molecular complexity index is 2640. The maximum atomic E-state index is 13.6. The molecular weight excluding hydrogens is 1020 g/mol. The first-order chi connectivity index (χ1) is 33.9. The van der Waals surface area contributed by atoms with E-state index in [-0.39, 0.29) is 82.5 Å². The van der Waals surface area contributed by atoms with Crippen LogP contribution in [0.15, 0.2) is 58.6 Å². The van der Waals surface area contributed by atoms with Gasteiger partial charge in [0.1, 0.15) is 29.4 Å². The molecule has 0 saturated heterocycles. The number of aromatic amines is 1. The molecule has 2 heterocycles. The number of aromatic nitrogens is 3. The van der Waals surface area contributed by atoms with Gasteiger partial charge in [0.15, 0.2) is 5.95 Å². The number of nitrogens with zero attached hydrogens (tertiary/aromatic N) is 2. The number of nitrogens with one attached hydrogen (secondary N) is 8. The van der Waals surface area contributed by atoms with Gasteiger partial charge in [-0.2, -0.15) is 17.4 Å². The van der Waals surface area contributed by atoms with Crippen molar-refractivity contribution >= 4 is 99.1 Å². The summed E-state index contributed by atoms with van der Waals surface area (Å²) in [6.45, 7) is 2.57. The zero-order valence-corrected chi connectivity index (χ0v) is 41.4. The molecule has 27 nitrogen and oxygen atoms in total. The van der Waals surface area contributed by atoms with Gasteiger partial charge in [-0.3, -0.25) is 33.6 Å². The Balaban J connectivity index is 1.25. The number of amides is 5. The smallest absolute Gasteiger partial charge is 0.323 e. The quantitative estimate of drug-likeness (QED) is 0.0104. The molecule has 4 aromatic rings. The highest BCUT2D eigenvalue weighted by Crippen LogP contribution is 2.26. The van der Waals surface area contributed by atoms with Crippen LogP contribution in [0.3, 0.4) is 0 Å². The van der Waals surface area contributed by atoms with Gasteiger partial charge in [-0.05, 0) is 61.2 Å². The number of aliphatic carboxylic acids is 1. The molecule has 0 spiro atoms. The van der Waals surface area contributed by atoms with Crippen molar-refractivity contribution < 1.29 is 76.3 Å². The first kappa shape index (κ1) is 57.6. The molecule has 0 aliphatic heterocycles. The highest BCUT2D eigenvalue weighted by atomic mass is 32.2. The van der Waals surface area contributed by atoms with Crippen molar-refractivity contribution in [2.75, 3.05) is 48.8 Å². The Morgan fingerprint density at radius 1 is 0.887 bits per heavy atom. The second kappa shape index (κ2) is 28.7. The SMILES string of the molecule is Cc1cc(OCCCC(=O)NCCNC(=O)[C@H](CSOOO)NC(=O)[C@H](CSOOO)NC(=O)CS)cc(C)c1S(=O)(=O)N[C@@H](CNC(=O)c1cn(C)c2cc(CNc3ncc[nH]3)ccc2c1=O)C(=O)O. The Morgan fingerprint density at radius 2 is 1.55 bits per heavy atom. The number of carboxylic acid groups (broad SMARTS) is 1. The summed E-state index contributed by atoms with van der Waals surface area (Å²) in [5, 5.41) is 49.3. The van der Waals surface area contributed by atoms with Gasteiger partial charge in [0.2, 0.25) is 39.1 Å². The van der Waals surface area contributed by atoms with Crippen molar-refractivity contribution in [3.05, 3.63) is 81.4 Å². The summed E-state index contributed by atoms with van der Waals surface area (Å²) in [5.74, 6) is -5.09. The monoisotopic (exact) mass is 1070 g/mol. The average molecular weight is 1070 g/mol. The number of sulfonamides is 1. The van der Waals surface area contributed by atoms with Crippen LogP contribution >= 0.6 is 36.7 Å². The number of hydrogen-bond acceptors (Lipinski definition) is 21. The number of pyridine rings is 1. The number of benzene rings is 2. The zero-order valence-electron chi connectivity index (χ0n) is 38.0. The molecular formula is C40H52N10O17S4. The van der Waals surface area contributed by atoms with E-state index < -0.39 is 75.6 Å². The third-order valence-corrected chi connectivity index (χ3v) is 13.2. The van der Waals surface area contributed by atoms with E-state index in [1.54, 1.807) is 42.2 Å². The lowest BCUT2D eigenvalue weighted by Gasteiger charge is -2.22. The number of imidazole rings is 1. The van der Waals surface area contributed by atoms with Crippen molar-refractivity contribution in [1.82, 2.24) is 45.8 Å². The van der Waals surface area contributed by atoms with Gasteiger partial charge in [-0.15, -0.1) is 8.67 Å². The van der Waals surface area contributed by atoms with Gasteiger partial charge < -0.3 is 51.3 Å². The maximum absolute atomic E-state index is 13.6. The Morgan fingerprint density at radius 3 is 2.17 bits per heavy atom. The molecule has 0 saturated carbocycles. The number of fused-ring (bicyclic) bond motifs is 1. The molecule has 31 heteroatoms. The molecule has 388 valence electrons. The van der Waals surface area contributed by atoms with Crippen LogP contribution in [-0.4, -0.2) is 136 Å². The van der Waals surface area contributed by atoms with Gasteiger partial charge in [-0.1, -0.05) is 16.1 Å². The number of H-pyrrole nitrogens is 1. The Hall–Kier alpha value is -6.00. The first-order valence-electron chi connectivity index (χ1n) is 21.0. The molecule has 0 aliphatic rings. The molecule has 0 unspecified atom stereocenters. The van der Waals surface area contributed by atoms with Gasteiger partial charge >= 0.3 is 5.97 Å². The number of carbonyl (C=O) groups excluding carboxylic acids is 5. The number of ether oxygens (including phenoxy) is 1. The van der Waals surface area contributed by atoms with Crippen LogP contribution in [0.1, 0.15) is 39.9 Å². The average Bonchev–Trinajstić information content (AvgIpc) is 3.86. The van der Waals surface area contributed by atoms with E-state index in [1.165, 1.54) is 32.2 Å². The number of carbonyl (C=O) groups is 6. The second-order valence-corrected chi connectivity index (χ2v) is 18.4. The van der Waals surface area contributed by atoms with Crippen molar-refractivity contribution in [3.8, 4) is 5.75 Å². The minimum Gasteiger partial charge on any atom is -0.494 e. The molecule has 0 fully saturated rings. The van der Waals surface area contributed by atoms with E-state index >= 15 is 0 Å². The third-order valence-electron chi connectivity index (χ3n) is 9.84. The van der Waals surface area contributed by atoms with E-state index in [0.29, 0.717) is 42.1 Å². The molecule has 2 aromatic heterocycles. The van der Waals surface area contributed by atoms with Gasteiger partial charge in [0, 0.05) is 87.7 Å². The molecule has 0 aliphatic carbocycles. The van der Waals surface area contributed by atoms with Crippen LogP contribution in [0.5, 0.6) is 5.75 Å². The minimum absolute atomic E-state index is 0.00639. The number of anilines is 1. The summed E-state index contributed by atoms with van der Waals surface area (Å²) in [7, 11) is -2.87. The van der Waals surface area contributed by atoms with Crippen molar-refractivity contribution in [1.29, 1.82) is 0 Å². The van der Waals surface area contributed by atoms with Gasteiger partial charge in [0.25, 0.3) is 5.91 Å². The molecule has 0 radical (unpaired) electrons. The summed E-state index contributed by atoms with van der Waals surface area (Å²) >= 11 is 4.77. The van der Waals surface area contributed by atoms with Crippen LogP contribution in [0.25, 0.3) is 10.9 Å². The predicted octanol–water partition coefficient (Wildman–Crippen LogP) is 0.0816. The summed E-state index contributed by atoms with van der Waals surface area (Å²) in [6.07, 6.45) is 4.79. The van der Waals surface area contributed by atoms with Crippen LogP contribution in [0.4, 0.5) is 5.95 Å². The van der Waals surface area contributed by atoms with Crippen LogP contribution in [-0.2, 0) is 66.3 Å². The van der Waals surface area contributed by atoms with Gasteiger partial charge in [0.05, 0.1) is 34.3 Å². The van der Waals surface area contributed by atoms with Crippen LogP contribution < -0.4 is 46.8 Å². The van der Waals surface area contributed by atoms with Crippen molar-refractivity contribution in [2.45, 2.75) is 56.3 Å². The molecule has 4 rings (SSSR count). The maximum Gasteiger partial charge on any atom is 0.323 e. The summed E-state index contributed by atoms with van der Waals surface area (Å²) in [5.41, 5.74) is 0.887. The van der Waals surface area contributed by atoms with Crippen LogP contribution in [0, 0.1) is 13.8 Å². The normalized spacial score (nSPS) is 12.6. The van der Waals surface area contributed by atoms with E-state index in [4.69, 9.17) is 15.3 Å². The lowest BCUT2D eigenvalue weighted by molar-refractivity contribution is -0.432. The third kappa shape index (κ3) is 18.0. The number of rotatable bonds is 31. The highest BCUT2D eigenvalue weighted by molar-refractivity contribution is 7.94. The number of thiol groups is 1. The highest BCUT2D eigenvalue weighted by Gasteiger charge is 2.30. The number of carboxylic acids is 1. The topological polar surface area (TPSA) is 378 Å². The molecule has 5 amide bonds. The summed E-state index contributed by atoms with van der Waals surface area (Å²) in [6, 6.07) is 3.51. The van der Waals surface area contributed by atoms with Crippen LogP contribution in [0.2, 0.25) is 0 Å². The van der Waals surface area contributed by atoms with E-state index in [9.17, 15) is 47.1 Å². The number of aryl methyl sites for hydroxylation is 3. The summed E-state index contributed by atoms with van der Waals surface area (Å²) in [4.78, 5) is 95.8. The largest absolute Gasteiger partial charge is 0.494 e. The molecule has 0 bridgehead atoms. The van der Waals surface area contributed by atoms with Crippen molar-refractivity contribution in [2.24, 2.45) is 7.05 Å². The number of hydrogen-bond donors (Lipinski definition) is 12. The fourth-order valence-electron chi connectivity index (χ4n) is 6.62.